The van der Waals surface area contributed by atoms with Gasteiger partial charge in [-0.05, 0) is 66.8 Å². The minimum absolute atomic E-state index is 0.0909. The van der Waals surface area contributed by atoms with Gasteiger partial charge in [0, 0.05) is 45.4 Å². The van der Waals surface area contributed by atoms with Gasteiger partial charge in [-0.3, -0.25) is 9.78 Å². The number of carbonyl (C=O) groups is 1. The van der Waals surface area contributed by atoms with E-state index in [9.17, 15) is 4.79 Å². The van der Waals surface area contributed by atoms with Gasteiger partial charge in [-0.1, -0.05) is 48.8 Å². The lowest BCUT2D eigenvalue weighted by Gasteiger charge is -2.29. The summed E-state index contributed by atoms with van der Waals surface area (Å²) in [4.78, 5) is 19.4. The summed E-state index contributed by atoms with van der Waals surface area (Å²) in [6.07, 6.45) is 3.85. The average molecular weight is 605 g/mol. The van der Waals surface area contributed by atoms with Gasteiger partial charge in [-0.2, -0.15) is 0 Å². The molecule has 1 fully saturated rings. The molecule has 2 atom stereocenters. The lowest BCUT2D eigenvalue weighted by Crippen LogP contribution is -2.30. The largest absolute Gasteiger partial charge is 0.494 e. The van der Waals surface area contributed by atoms with Gasteiger partial charge in [-0.25, -0.2) is 0 Å². The second-order valence-electron chi connectivity index (χ2n) is 10.4. The molecule has 1 aliphatic heterocycles. The van der Waals surface area contributed by atoms with E-state index < -0.39 is 5.41 Å². The quantitative estimate of drug-likeness (QED) is 0.236. The molecule has 200 valence electrons. The van der Waals surface area contributed by atoms with Crippen molar-refractivity contribution in [1.82, 2.24) is 14.9 Å². The van der Waals surface area contributed by atoms with E-state index in [-0.39, 0.29) is 18.0 Å². The molecule has 2 N–H and O–H groups in total. The summed E-state index contributed by atoms with van der Waals surface area (Å²) in [7, 11) is 1.60. The van der Waals surface area contributed by atoms with E-state index >= 15 is 0 Å². The number of nitrogens with zero attached hydrogens (tertiary/aromatic N) is 3. The maximum atomic E-state index is 12.7. The van der Waals surface area contributed by atoms with E-state index in [0.29, 0.717) is 16.5 Å². The number of thiocarbonyl (C=S) groups is 1. The summed E-state index contributed by atoms with van der Waals surface area (Å²) in [5.74, 6) is 0.460. The zero-order valence-corrected chi connectivity index (χ0v) is 24.6. The van der Waals surface area contributed by atoms with Crippen molar-refractivity contribution in [2.24, 2.45) is 5.41 Å². The van der Waals surface area contributed by atoms with E-state index in [1.54, 1.807) is 13.3 Å². The lowest BCUT2D eigenvalue weighted by atomic mass is 9.95. The highest BCUT2D eigenvalue weighted by Gasteiger charge is 2.42. The molecule has 4 aromatic rings. The Bertz CT molecular complexity index is 1520. The Morgan fingerprint density at radius 3 is 2.56 bits per heavy atom. The van der Waals surface area contributed by atoms with E-state index in [2.05, 4.69) is 65.4 Å². The van der Waals surface area contributed by atoms with Gasteiger partial charge < -0.3 is 24.8 Å². The molecule has 1 amide bonds. The minimum Gasteiger partial charge on any atom is -0.494 e. The number of methoxy groups -OCH3 is 1. The fourth-order valence-electron chi connectivity index (χ4n) is 4.67. The summed E-state index contributed by atoms with van der Waals surface area (Å²) in [6.45, 7) is 5.63. The van der Waals surface area contributed by atoms with E-state index in [1.807, 2.05) is 75.4 Å². The summed E-state index contributed by atoms with van der Waals surface area (Å²) in [5, 5.41) is 7.08. The summed E-state index contributed by atoms with van der Waals surface area (Å²) in [6, 6.07) is 23.5. The second kappa shape index (κ2) is 10.8. The Hall–Kier alpha value is -3.69. The van der Waals surface area contributed by atoms with Crippen LogP contribution in [-0.2, 0) is 4.79 Å². The molecule has 1 aliphatic rings. The maximum Gasteiger partial charge on any atom is 0.229 e. The molecule has 1 saturated heterocycles. The van der Waals surface area contributed by atoms with Crippen LogP contribution in [0.15, 0.2) is 89.7 Å². The molecular weight excluding hydrogens is 574 g/mol. The molecule has 2 aromatic heterocycles. The van der Waals surface area contributed by atoms with Crippen molar-refractivity contribution in [3.05, 3.63) is 101 Å². The molecule has 0 spiro atoms. The normalized spacial score (nSPS) is 17.2. The van der Waals surface area contributed by atoms with Crippen LogP contribution < -0.4 is 20.3 Å². The number of rotatable bonds is 6. The predicted octanol–water partition coefficient (Wildman–Crippen LogP) is 6.81. The molecule has 0 radical (unpaired) electrons. The molecule has 2 aromatic carbocycles. The van der Waals surface area contributed by atoms with Crippen LogP contribution in [0.25, 0.3) is 5.69 Å². The van der Waals surface area contributed by atoms with Gasteiger partial charge in [-0.15, -0.1) is 0 Å². The molecule has 0 unspecified atom stereocenters. The van der Waals surface area contributed by atoms with Crippen LogP contribution in [-0.4, -0.2) is 27.7 Å². The van der Waals surface area contributed by atoms with Gasteiger partial charge in [0.05, 0.1) is 24.5 Å². The van der Waals surface area contributed by atoms with E-state index in [0.717, 1.165) is 27.2 Å². The standard InChI is InChI=1S/C30H30BrN5O2S/c1-30(2,3)28(37)33-22-14-13-21(18-25(22)38-4)36-27(26(34-29(36)39)23-11-5-6-15-32-23)24-12-8-16-35(24)20-10-7-9-19(31)17-20/h5-18,26-27H,1-4H3,(H,33,37)(H,34,39)/t26-,27-/m1/s1. The molecular formula is C30H30BrN5O2S. The first-order valence-corrected chi connectivity index (χ1v) is 13.8. The highest BCUT2D eigenvalue weighted by Crippen LogP contribution is 2.44. The molecule has 7 nitrogen and oxygen atoms in total. The van der Waals surface area contributed by atoms with Crippen LogP contribution in [0.2, 0.25) is 0 Å². The molecule has 0 aliphatic carbocycles. The van der Waals surface area contributed by atoms with E-state index in [4.69, 9.17) is 17.0 Å². The van der Waals surface area contributed by atoms with Crippen molar-refractivity contribution >= 4 is 50.5 Å². The highest BCUT2D eigenvalue weighted by atomic mass is 79.9. The minimum atomic E-state index is -0.539. The number of nitrogens with one attached hydrogen (secondary N) is 2. The molecule has 5 rings (SSSR count). The van der Waals surface area contributed by atoms with Crippen LogP contribution in [0, 0.1) is 5.41 Å². The number of aromatic nitrogens is 2. The zero-order valence-electron chi connectivity index (χ0n) is 22.2. The maximum absolute atomic E-state index is 12.7. The lowest BCUT2D eigenvalue weighted by molar-refractivity contribution is -0.123. The van der Waals surface area contributed by atoms with E-state index in [1.165, 1.54) is 0 Å². The SMILES string of the molecule is COc1cc(N2C(=S)N[C@H](c3ccccn3)[C@H]2c2cccn2-c2cccc(Br)c2)ccc1NC(=O)C(C)(C)C. The number of carbonyl (C=O) groups excluding carboxylic acids is 1. The summed E-state index contributed by atoms with van der Waals surface area (Å²) >= 11 is 9.53. The number of hydrogen-bond acceptors (Lipinski definition) is 4. The number of benzene rings is 2. The van der Waals surface area contributed by atoms with Crippen molar-refractivity contribution < 1.29 is 9.53 Å². The zero-order chi connectivity index (χ0) is 27.7. The number of hydrogen-bond donors (Lipinski definition) is 2. The van der Waals surface area contributed by atoms with Crippen molar-refractivity contribution in [1.29, 1.82) is 0 Å². The third-order valence-corrected chi connectivity index (χ3v) is 7.47. The van der Waals surface area contributed by atoms with Crippen LogP contribution in [0.3, 0.4) is 0 Å². The summed E-state index contributed by atoms with van der Waals surface area (Å²) < 4.78 is 8.88. The number of anilines is 2. The van der Waals surface area contributed by atoms with Gasteiger partial charge in [0.25, 0.3) is 0 Å². The third-order valence-electron chi connectivity index (χ3n) is 6.66. The Balaban J connectivity index is 1.61. The first-order valence-electron chi connectivity index (χ1n) is 12.6. The van der Waals surface area contributed by atoms with Crippen molar-refractivity contribution in [3.8, 4) is 11.4 Å². The van der Waals surface area contributed by atoms with Crippen LogP contribution >= 0.6 is 28.1 Å². The van der Waals surface area contributed by atoms with Crippen LogP contribution in [0.4, 0.5) is 11.4 Å². The molecule has 0 saturated carbocycles. The fourth-order valence-corrected chi connectivity index (χ4v) is 5.41. The fraction of sp³-hybridized carbons (Fsp3) is 0.233. The number of amides is 1. The first kappa shape index (κ1) is 26.9. The van der Waals surface area contributed by atoms with Crippen LogP contribution in [0.1, 0.15) is 44.2 Å². The van der Waals surface area contributed by atoms with Crippen molar-refractivity contribution in [2.45, 2.75) is 32.9 Å². The topological polar surface area (TPSA) is 71.4 Å². The third kappa shape index (κ3) is 5.42. The Morgan fingerprint density at radius 1 is 1.05 bits per heavy atom. The predicted molar refractivity (Wildman–Crippen MR) is 162 cm³/mol. The molecule has 9 heteroatoms. The Labute approximate surface area is 242 Å². The van der Waals surface area contributed by atoms with Crippen molar-refractivity contribution in [2.75, 3.05) is 17.3 Å². The monoisotopic (exact) mass is 603 g/mol. The van der Waals surface area contributed by atoms with Gasteiger partial charge in [0.15, 0.2) is 5.11 Å². The number of halogens is 1. The van der Waals surface area contributed by atoms with Gasteiger partial charge >= 0.3 is 0 Å². The molecule has 3 heterocycles. The van der Waals surface area contributed by atoms with Gasteiger partial charge in [0.2, 0.25) is 5.91 Å². The van der Waals surface area contributed by atoms with Gasteiger partial charge in [0.1, 0.15) is 11.8 Å². The molecule has 0 bridgehead atoms. The first-order chi connectivity index (χ1) is 18.7. The average Bonchev–Trinajstić information content (AvgIpc) is 3.53. The number of pyridine rings is 1. The summed E-state index contributed by atoms with van der Waals surface area (Å²) in [5.41, 5.74) is 3.86. The van der Waals surface area contributed by atoms with Crippen LogP contribution in [0.5, 0.6) is 5.75 Å². The van der Waals surface area contributed by atoms with Crippen molar-refractivity contribution in [3.63, 3.8) is 0 Å². The number of ether oxygens (including phenoxy) is 1. The second-order valence-corrected chi connectivity index (χ2v) is 11.7. The highest BCUT2D eigenvalue weighted by molar-refractivity contribution is 9.10. The Morgan fingerprint density at radius 2 is 1.87 bits per heavy atom. The smallest absolute Gasteiger partial charge is 0.229 e. The molecule has 39 heavy (non-hydrogen) atoms. The Kier molecular flexibility index (Phi) is 7.46.